The lowest BCUT2D eigenvalue weighted by molar-refractivity contribution is 0.0526. The van der Waals surface area contributed by atoms with Crippen LogP contribution in [0.15, 0.2) is 77.8 Å². The fraction of sp³-hybridized carbons (Fsp3) is 0.182. The molecular weight excluding hydrogens is 424 g/mol. The van der Waals surface area contributed by atoms with Crippen LogP contribution < -0.4 is 0 Å². The molecule has 0 radical (unpaired) electrons. The smallest absolute Gasteiger partial charge is 0.338 e. The Morgan fingerprint density at radius 3 is 2.30 bits per heavy atom. The molecular formula is C22H21ClN2O4S. The average molecular weight is 445 g/mol. The number of carbonyl (C=O) groups is 1. The standard InChI is InChI=1S/C22H21ClN2O4S/c1-2-29-22(26)18-8-6-17(7-9-18)15-25(16-20-5-3-4-14-24-20)30(27,28)21-12-10-19(23)11-13-21/h3-14H,2,15-16H2,1H3. The highest BCUT2D eigenvalue weighted by molar-refractivity contribution is 7.89. The van der Waals surface area contributed by atoms with Crippen LogP contribution in [0, 0.1) is 0 Å². The summed E-state index contributed by atoms with van der Waals surface area (Å²) in [5.41, 5.74) is 1.77. The van der Waals surface area contributed by atoms with Crippen molar-refractivity contribution in [3.63, 3.8) is 0 Å². The number of benzene rings is 2. The van der Waals surface area contributed by atoms with Gasteiger partial charge in [0.25, 0.3) is 0 Å². The van der Waals surface area contributed by atoms with Crippen LogP contribution in [0.1, 0.15) is 28.5 Å². The van der Waals surface area contributed by atoms with Crippen molar-refractivity contribution in [3.05, 3.63) is 94.8 Å². The van der Waals surface area contributed by atoms with E-state index in [0.717, 1.165) is 5.56 Å². The summed E-state index contributed by atoms with van der Waals surface area (Å²) in [4.78, 5) is 16.2. The van der Waals surface area contributed by atoms with E-state index in [1.165, 1.54) is 16.4 Å². The summed E-state index contributed by atoms with van der Waals surface area (Å²) in [6.07, 6.45) is 1.62. The van der Waals surface area contributed by atoms with Gasteiger partial charge in [-0.3, -0.25) is 4.98 Å². The van der Waals surface area contributed by atoms with Crippen LogP contribution in [0.2, 0.25) is 5.02 Å². The SMILES string of the molecule is CCOC(=O)c1ccc(CN(Cc2ccccn2)S(=O)(=O)c2ccc(Cl)cc2)cc1. The van der Waals surface area contributed by atoms with Crippen molar-refractivity contribution >= 4 is 27.6 Å². The molecule has 3 rings (SSSR count). The van der Waals surface area contributed by atoms with Gasteiger partial charge in [-0.2, -0.15) is 4.31 Å². The van der Waals surface area contributed by atoms with Gasteiger partial charge in [-0.1, -0.05) is 29.8 Å². The number of hydrogen-bond donors (Lipinski definition) is 0. The fourth-order valence-electron chi connectivity index (χ4n) is 2.82. The third kappa shape index (κ3) is 5.44. The zero-order chi connectivity index (χ0) is 21.6. The number of aromatic nitrogens is 1. The first-order chi connectivity index (χ1) is 14.4. The van der Waals surface area contributed by atoms with Gasteiger partial charge in [-0.05, 0) is 61.0 Å². The van der Waals surface area contributed by atoms with E-state index < -0.39 is 16.0 Å². The molecule has 6 nitrogen and oxygen atoms in total. The Balaban J connectivity index is 1.90. The number of carbonyl (C=O) groups excluding carboxylic acids is 1. The highest BCUT2D eigenvalue weighted by Crippen LogP contribution is 2.22. The predicted molar refractivity (Wildman–Crippen MR) is 115 cm³/mol. The minimum absolute atomic E-state index is 0.103. The Morgan fingerprint density at radius 1 is 1.00 bits per heavy atom. The Labute approximate surface area is 181 Å². The van der Waals surface area contributed by atoms with Gasteiger partial charge in [0, 0.05) is 17.8 Å². The van der Waals surface area contributed by atoms with E-state index in [2.05, 4.69) is 4.98 Å². The molecule has 0 aliphatic rings. The van der Waals surface area contributed by atoms with Gasteiger partial charge in [-0.25, -0.2) is 13.2 Å². The number of nitrogens with zero attached hydrogens (tertiary/aromatic N) is 2. The molecule has 1 heterocycles. The summed E-state index contributed by atoms with van der Waals surface area (Å²) in [5, 5.41) is 0.458. The molecule has 2 aromatic carbocycles. The highest BCUT2D eigenvalue weighted by atomic mass is 35.5. The monoisotopic (exact) mass is 444 g/mol. The van der Waals surface area contributed by atoms with Crippen molar-refractivity contribution < 1.29 is 17.9 Å². The molecule has 0 amide bonds. The molecule has 1 aromatic heterocycles. The van der Waals surface area contributed by atoms with Crippen LogP contribution in [0.4, 0.5) is 0 Å². The number of halogens is 1. The first-order valence-electron chi connectivity index (χ1n) is 9.32. The molecule has 8 heteroatoms. The maximum Gasteiger partial charge on any atom is 0.338 e. The summed E-state index contributed by atoms with van der Waals surface area (Å²) < 4.78 is 32.9. The Morgan fingerprint density at radius 2 is 1.70 bits per heavy atom. The van der Waals surface area contributed by atoms with Gasteiger partial charge in [-0.15, -0.1) is 0 Å². The maximum absolute atomic E-state index is 13.3. The van der Waals surface area contributed by atoms with Crippen LogP contribution in [0.5, 0.6) is 0 Å². The van der Waals surface area contributed by atoms with Gasteiger partial charge in [0.1, 0.15) is 0 Å². The van der Waals surface area contributed by atoms with Crippen LogP contribution in [-0.2, 0) is 27.8 Å². The number of esters is 1. The molecule has 0 aliphatic heterocycles. The van der Waals surface area contributed by atoms with Crippen molar-refractivity contribution in [2.24, 2.45) is 0 Å². The molecule has 0 atom stereocenters. The van der Waals surface area contributed by atoms with Crippen LogP contribution >= 0.6 is 11.6 Å². The van der Waals surface area contributed by atoms with E-state index >= 15 is 0 Å². The highest BCUT2D eigenvalue weighted by Gasteiger charge is 2.25. The third-order valence-electron chi connectivity index (χ3n) is 4.34. The minimum atomic E-state index is -3.81. The minimum Gasteiger partial charge on any atom is -0.462 e. The normalized spacial score (nSPS) is 11.4. The Kier molecular flexibility index (Phi) is 7.20. The summed E-state index contributed by atoms with van der Waals surface area (Å²) in [6.45, 7) is 2.25. The molecule has 0 N–H and O–H groups in total. The van der Waals surface area contributed by atoms with Crippen LogP contribution in [-0.4, -0.2) is 30.3 Å². The Hall–Kier alpha value is -2.74. The van der Waals surface area contributed by atoms with Crippen LogP contribution in [0.25, 0.3) is 0 Å². The van der Waals surface area contributed by atoms with Crippen molar-refractivity contribution in [2.45, 2.75) is 24.9 Å². The van der Waals surface area contributed by atoms with Crippen molar-refractivity contribution in [2.75, 3.05) is 6.61 Å². The summed E-state index contributed by atoms with van der Waals surface area (Å²) in [5.74, 6) is -0.414. The lowest BCUT2D eigenvalue weighted by Gasteiger charge is -2.22. The number of pyridine rings is 1. The molecule has 0 saturated carbocycles. The lowest BCUT2D eigenvalue weighted by atomic mass is 10.1. The molecule has 30 heavy (non-hydrogen) atoms. The molecule has 0 unspecified atom stereocenters. The summed E-state index contributed by atoms with van der Waals surface area (Å²) >= 11 is 5.91. The zero-order valence-corrected chi connectivity index (χ0v) is 17.9. The van der Waals surface area contributed by atoms with Gasteiger partial charge >= 0.3 is 5.97 Å². The third-order valence-corrected chi connectivity index (χ3v) is 6.40. The fourth-order valence-corrected chi connectivity index (χ4v) is 4.34. The second kappa shape index (κ2) is 9.84. The lowest BCUT2D eigenvalue weighted by Crippen LogP contribution is -2.30. The molecule has 0 fully saturated rings. The number of rotatable bonds is 8. The van der Waals surface area contributed by atoms with Gasteiger partial charge in [0.05, 0.1) is 29.3 Å². The average Bonchev–Trinajstić information content (AvgIpc) is 2.75. The van der Waals surface area contributed by atoms with E-state index in [1.54, 1.807) is 61.7 Å². The number of ether oxygens (including phenoxy) is 1. The molecule has 0 bridgehead atoms. The van der Waals surface area contributed by atoms with Gasteiger partial charge in [0.2, 0.25) is 10.0 Å². The molecule has 0 spiro atoms. The molecule has 0 saturated heterocycles. The van der Waals surface area contributed by atoms with Crippen LogP contribution in [0.3, 0.4) is 0 Å². The van der Waals surface area contributed by atoms with Gasteiger partial charge in [0.15, 0.2) is 0 Å². The van der Waals surface area contributed by atoms with E-state index in [4.69, 9.17) is 16.3 Å². The van der Waals surface area contributed by atoms with E-state index in [0.29, 0.717) is 16.3 Å². The van der Waals surface area contributed by atoms with Crippen molar-refractivity contribution in [1.82, 2.24) is 9.29 Å². The first kappa shape index (κ1) is 22.0. The van der Waals surface area contributed by atoms with E-state index in [9.17, 15) is 13.2 Å². The van der Waals surface area contributed by atoms with Crippen molar-refractivity contribution in [3.8, 4) is 0 Å². The summed E-state index contributed by atoms with van der Waals surface area (Å²) in [6, 6.07) is 18.1. The largest absolute Gasteiger partial charge is 0.462 e. The molecule has 3 aromatic rings. The zero-order valence-electron chi connectivity index (χ0n) is 16.4. The number of hydrogen-bond acceptors (Lipinski definition) is 5. The van der Waals surface area contributed by atoms with Crippen molar-refractivity contribution in [1.29, 1.82) is 0 Å². The topological polar surface area (TPSA) is 76.6 Å². The van der Waals surface area contributed by atoms with Gasteiger partial charge < -0.3 is 4.74 Å². The second-order valence-electron chi connectivity index (χ2n) is 6.47. The first-order valence-corrected chi connectivity index (χ1v) is 11.1. The second-order valence-corrected chi connectivity index (χ2v) is 8.84. The summed E-state index contributed by atoms with van der Waals surface area (Å²) in [7, 11) is -3.81. The molecule has 0 aliphatic carbocycles. The Bertz CT molecular complexity index is 1090. The quantitative estimate of drug-likeness (QED) is 0.484. The van der Waals surface area contributed by atoms with E-state index in [1.807, 2.05) is 6.07 Å². The van der Waals surface area contributed by atoms with E-state index in [-0.39, 0.29) is 24.6 Å². The molecule has 156 valence electrons. The number of sulfonamides is 1. The predicted octanol–water partition coefficient (Wildman–Crippen LogP) is 4.30. The maximum atomic E-state index is 13.3.